The number of ketones is 1. The molecule has 0 bridgehead atoms. The maximum Gasteiger partial charge on any atom is 0.240 e. The summed E-state index contributed by atoms with van der Waals surface area (Å²) in [5.41, 5.74) is -0.606. The highest BCUT2D eigenvalue weighted by atomic mass is 32.1. The second kappa shape index (κ2) is 4.58. The van der Waals surface area contributed by atoms with E-state index in [-0.39, 0.29) is 11.7 Å². The summed E-state index contributed by atoms with van der Waals surface area (Å²) in [7, 11) is 0. The maximum atomic E-state index is 12.0. The standard InChI is InChI=1S/C12H16N2O2S/c1-12(2)11(16)13-5-6-14(12)8-9(15)10-4-3-7-17-10/h3-4,7H,5-6,8H2,1-2H3,(H,13,16). The van der Waals surface area contributed by atoms with Gasteiger partial charge >= 0.3 is 0 Å². The zero-order valence-electron chi connectivity index (χ0n) is 10.0. The summed E-state index contributed by atoms with van der Waals surface area (Å²) in [5, 5.41) is 4.71. The fourth-order valence-electron chi connectivity index (χ4n) is 1.91. The first-order chi connectivity index (χ1) is 8.01. The van der Waals surface area contributed by atoms with Crippen LogP contribution < -0.4 is 5.32 Å². The molecule has 4 nitrogen and oxygen atoms in total. The summed E-state index contributed by atoms with van der Waals surface area (Å²) in [4.78, 5) is 26.4. The van der Waals surface area contributed by atoms with Crippen molar-refractivity contribution >= 4 is 23.0 Å². The molecular weight excluding hydrogens is 236 g/mol. The lowest BCUT2D eigenvalue weighted by atomic mass is 9.98. The van der Waals surface area contributed by atoms with E-state index in [9.17, 15) is 9.59 Å². The number of Topliss-reactive ketones (excluding diaryl/α,β-unsaturated/α-hetero) is 1. The number of thiophene rings is 1. The molecule has 0 saturated carbocycles. The fraction of sp³-hybridized carbons (Fsp3) is 0.500. The molecule has 1 saturated heterocycles. The Balaban J connectivity index is 2.08. The summed E-state index contributed by atoms with van der Waals surface area (Å²) in [6.07, 6.45) is 0. The number of piperazine rings is 1. The van der Waals surface area contributed by atoms with E-state index in [0.717, 1.165) is 11.4 Å². The minimum absolute atomic E-state index is 0.0114. The monoisotopic (exact) mass is 252 g/mol. The molecule has 1 fully saturated rings. The number of rotatable bonds is 3. The molecule has 0 atom stereocenters. The molecule has 0 unspecified atom stereocenters. The van der Waals surface area contributed by atoms with Crippen LogP contribution in [0.25, 0.3) is 0 Å². The SMILES string of the molecule is CC1(C)C(=O)NCCN1CC(=O)c1cccs1. The third-order valence-electron chi connectivity index (χ3n) is 3.14. The minimum atomic E-state index is -0.606. The van der Waals surface area contributed by atoms with Crippen molar-refractivity contribution < 1.29 is 9.59 Å². The molecule has 1 amide bonds. The normalized spacial score (nSPS) is 20.0. The first-order valence-corrected chi connectivity index (χ1v) is 6.50. The van der Waals surface area contributed by atoms with Crippen molar-refractivity contribution in [3.63, 3.8) is 0 Å². The van der Waals surface area contributed by atoms with Crippen molar-refractivity contribution in [2.75, 3.05) is 19.6 Å². The molecule has 1 aromatic heterocycles. The third-order valence-corrected chi connectivity index (χ3v) is 4.05. The molecule has 17 heavy (non-hydrogen) atoms. The van der Waals surface area contributed by atoms with Crippen molar-refractivity contribution in [2.24, 2.45) is 0 Å². The van der Waals surface area contributed by atoms with Gasteiger partial charge in [0.25, 0.3) is 0 Å². The lowest BCUT2D eigenvalue weighted by molar-refractivity contribution is -0.134. The van der Waals surface area contributed by atoms with E-state index in [1.165, 1.54) is 11.3 Å². The maximum absolute atomic E-state index is 12.0. The van der Waals surface area contributed by atoms with Gasteiger partial charge in [-0.15, -0.1) is 11.3 Å². The largest absolute Gasteiger partial charge is 0.353 e. The number of hydrogen-bond acceptors (Lipinski definition) is 4. The van der Waals surface area contributed by atoms with E-state index >= 15 is 0 Å². The predicted octanol–water partition coefficient (Wildman–Crippen LogP) is 1.14. The first kappa shape index (κ1) is 12.3. The first-order valence-electron chi connectivity index (χ1n) is 5.62. The van der Waals surface area contributed by atoms with E-state index in [4.69, 9.17) is 0 Å². The van der Waals surface area contributed by atoms with Gasteiger partial charge in [0.15, 0.2) is 5.78 Å². The van der Waals surface area contributed by atoms with Crippen LogP contribution in [0.2, 0.25) is 0 Å². The van der Waals surface area contributed by atoms with Crippen LogP contribution in [-0.4, -0.2) is 41.8 Å². The molecule has 0 aromatic carbocycles. The summed E-state index contributed by atoms with van der Waals surface area (Å²) in [5.74, 6) is 0.0745. The number of carbonyl (C=O) groups excluding carboxylic acids is 2. The Morgan fingerprint density at radius 3 is 3.00 bits per heavy atom. The topological polar surface area (TPSA) is 49.4 Å². The molecule has 92 valence electrons. The highest BCUT2D eigenvalue weighted by molar-refractivity contribution is 7.12. The third kappa shape index (κ3) is 2.40. The Morgan fingerprint density at radius 1 is 1.59 bits per heavy atom. The predicted molar refractivity (Wildman–Crippen MR) is 67.3 cm³/mol. The van der Waals surface area contributed by atoms with Gasteiger partial charge in [0, 0.05) is 13.1 Å². The van der Waals surface area contributed by atoms with Crippen LogP contribution in [0.4, 0.5) is 0 Å². The Morgan fingerprint density at radius 2 is 2.35 bits per heavy atom. The summed E-state index contributed by atoms with van der Waals surface area (Å²) >= 11 is 1.44. The quantitative estimate of drug-likeness (QED) is 0.821. The molecule has 0 radical (unpaired) electrons. The van der Waals surface area contributed by atoms with E-state index in [1.54, 1.807) is 0 Å². The molecular formula is C12H16N2O2S. The molecule has 1 N–H and O–H groups in total. The van der Waals surface area contributed by atoms with Crippen LogP contribution in [-0.2, 0) is 4.79 Å². The van der Waals surface area contributed by atoms with Crippen molar-refractivity contribution in [2.45, 2.75) is 19.4 Å². The molecule has 0 aliphatic carbocycles. The average Bonchev–Trinajstić information content (AvgIpc) is 2.78. The molecule has 1 aromatic rings. The van der Waals surface area contributed by atoms with Gasteiger partial charge in [-0.1, -0.05) is 6.07 Å². The Hall–Kier alpha value is -1.20. The van der Waals surface area contributed by atoms with Gasteiger partial charge < -0.3 is 5.32 Å². The number of carbonyl (C=O) groups is 2. The highest BCUT2D eigenvalue weighted by Gasteiger charge is 2.38. The molecule has 1 aliphatic heterocycles. The average molecular weight is 252 g/mol. The molecule has 2 heterocycles. The van der Waals surface area contributed by atoms with Crippen LogP contribution in [0.3, 0.4) is 0 Å². The number of hydrogen-bond donors (Lipinski definition) is 1. The highest BCUT2D eigenvalue weighted by Crippen LogP contribution is 2.19. The number of amides is 1. The van der Waals surface area contributed by atoms with E-state index in [1.807, 2.05) is 36.3 Å². The van der Waals surface area contributed by atoms with Crippen molar-refractivity contribution in [3.05, 3.63) is 22.4 Å². The van der Waals surface area contributed by atoms with Gasteiger partial charge in [-0.2, -0.15) is 0 Å². The molecule has 5 heteroatoms. The van der Waals surface area contributed by atoms with Crippen molar-refractivity contribution in [3.8, 4) is 0 Å². The van der Waals surface area contributed by atoms with Crippen molar-refractivity contribution in [1.82, 2.24) is 10.2 Å². The zero-order chi connectivity index (χ0) is 12.5. The van der Waals surface area contributed by atoms with Gasteiger partial charge in [-0.25, -0.2) is 0 Å². The van der Waals surface area contributed by atoms with E-state index in [0.29, 0.717) is 13.1 Å². The second-order valence-corrected chi connectivity index (χ2v) is 5.58. The van der Waals surface area contributed by atoms with Gasteiger partial charge in [0.1, 0.15) is 0 Å². The van der Waals surface area contributed by atoms with Gasteiger partial charge in [0.05, 0.1) is 17.0 Å². The molecule has 0 spiro atoms. The van der Waals surface area contributed by atoms with Crippen LogP contribution in [0.15, 0.2) is 17.5 Å². The smallest absolute Gasteiger partial charge is 0.240 e. The summed E-state index contributed by atoms with van der Waals surface area (Å²) in [6, 6.07) is 3.69. The van der Waals surface area contributed by atoms with Gasteiger partial charge in [-0.05, 0) is 25.3 Å². The Labute approximate surface area is 105 Å². The fourth-order valence-corrected chi connectivity index (χ4v) is 2.57. The zero-order valence-corrected chi connectivity index (χ0v) is 10.8. The van der Waals surface area contributed by atoms with Crippen LogP contribution >= 0.6 is 11.3 Å². The number of nitrogens with one attached hydrogen (secondary N) is 1. The molecule has 2 rings (SSSR count). The summed E-state index contributed by atoms with van der Waals surface area (Å²) < 4.78 is 0. The summed E-state index contributed by atoms with van der Waals surface area (Å²) in [6.45, 7) is 5.34. The molecule has 1 aliphatic rings. The van der Waals surface area contributed by atoms with Crippen LogP contribution in [0.1, 0.15) is 23.5 Å². The van der Waals surface area contributed by atoms with Crippen LogP contribution in [0, 0.1) is 0 Å². The van der Waals surface area contributed by atoms with Gasteiger partial charge in [-0.3, -0.25) is 14.5 Å². The second-order valence-electron chi connectivity index (χ2n) is 4.64. The van der Waals surface area contributed by atoms with E-state index < -0.39 is 5.54 Å². The Kier molecular flexibility index (Phi) is 3.31. The lowest BCUT2D eigenvalue weighted by Gasteiger charge is -2.40. The van der Waals surface area contributed by atoms with Crippen LogP contribution in [0.5, 0.6) is 0 Å². The van der Waals surface area contributed by atoms with E-state index in [2.05, 4.69) is 5.32 Å². The lowest BCUT2D eigenvalue weighted by Crippen LogP contribution is -2.62. The van der Waals surface area contributed by atoms with Gasteiger partial charge in [0.2, 0.25) is 5.91 Å². The minimum Gasteiger partial charge on any atom is -0.353 e. The number of nitrogens with zero attached hydrogens (tertiary/aromatic N) is 1. The Bertz CT molecular complexity index is 426. The van der Waals surface area contributed by atoms with Crippen molar-refractivity contribution in [1.29, 1.82) is 0 Å².